The number of hydrogen-bond donors (Lipinski definition) is 2. The van der Waals surface area contributed by atoms with Crippen molar-refractivity contribution in [2.24, 2.45) is 12.9 Å². The number of para-hydroxylation sites is 1. The minimum Gasteiger partial charge on any atom is -0.270 e. The van der Waals surface area contributed by atoms with Crippen LogP contribution in [0.3, 0.4) is 0 Å². The van der Waals surface area contributed by atoms with E-state index in [1.54, 1.807) is 22.7 Å². The SMILES string of the molecule is Cn1nnc(Br)c1C(NN)c1cnn(-c2ccccc2)n1. The number of nitrogens with zero attached hydrogens (tertiary/aromatic N) is 6. The predicted octanol–water partition coefficient (Wildman–Crippen LogP) is 0.711. The molecule has 0 amide bonds. The van der Waals surface area contributed by atoms with Crippen molar-refractivity contribution >= 4 is 15.9 Å². The van der Waals surface area contributed by atoms with E-state index in [4.69, 9.17) is 5.84 Å². The van der Waals surface area contributed by atoms with Crippen LogP contribution >= 0.6 is 15.9 Å². The lowest BCUT2D eigenvalue weighted by Crippen LogP contribution is -2.31. The zero-order valence-corrected chi connectivity index (χ0v) is 12.8. The smallest absolute Gasteiger partial charge is 0.153 e. The minimum atomic E-state index is -0.364. The highest BCUT2D eigenvalue weighted by Gasteiger charge is 2.23. The first kappa shape index (κ1) is 13.9. The van der Waals surface area contributed by atoms with Crippen molar-refractivity contribution in [1.82, 2.24) is 35.4 Å². The van der Waals surface area contributed by atoms with E-state index < -0.39 is 0 Å². The highest BCUT2D eigenvalue weighted by molar-refractivity contribution is 9.10. The molecule has 0 spiro atoms. The number of rotatable bonds is 4. The van der Waals surface area contributed by atoms with Crippen molar-refractivity contribution in [3.8, 4) is 5.69 Å². The Hall–Kier alpha value is -2.10. The fourth-order valence-corrected chi connectivity index (χ4v) is 2.60. The summed E-state index contributed by atoms with van der Waals surface area (Å²) in [6.07, 6.45) is 1.66. The molecule has 0 radical (unpaired) electrons. The summed E-state index contributed by atoms with van der Waals surface area (Å²) in [4.78, 5) is 1.55. The molecule has 3 rings (SSSR count). The van der Waals surface area contributed by atoms with Gasteiger partial charge in [0.25, 0.3) is 0 Å². The second-order valence-corrected chi connectivity index (χ2v) is 5.13. The zero-order valence-electron chi connectivity index (χ0n) is 11.2. The van der Waals surface area contributed by atoms with Gasteiger partial charge in [-0.25, -0.2) is 10.1 Å². The van der Waals surface area contributed by atoms with Crippen LogP contribution in [0, 0.1) is 0 Å². The van der Waals surface area contributed by atoms with Crippen LogP contribution in [0.2, 0.25) is 0 Å². The van der Waals surface area contributed by atoms with Gasteiger partial charge in [-0.05, 0) is 28.1 Å². The average molecular weight is 349 g/mol. The summed E-state index contributed by atoms with van der Waals surface area (Å²) in [7, 11) is 1.79. The van der Waals surface area contributed by atoms with Crippen LogP contribution in [0.15, 0.2) is 41.1 Å². The fraction of sp³-hybridized carbons (Fsp3) is 0.167. The molecule has 0 bridgehead atoms. The molecule has 1 aromatic carbocycles. The Kier molecular flexibility index (Phi) is 3.78. The number of hydrogen-bond acceptors (Lipinski definition) is 6. The average Bonchev–Trinajstić information content (AvgIpc) is 3.11. The largest absolute Gasteiger partial charge is 0.270 e. The number of aromatic nitrogens is 6. The van der Waals surface area contributed by atoms with Gasteiger partial charge in [0, 0.05) is 7.05 Å². The highest BCUT2D eigenvalue weighted by Crippen LogP contribution is 2.24. The molecule has 21 heavy (non-hydrogen) atoms. The van der Waals surface area contributed by atoms with Crippen molar-refractivity contribution in [2.75, 3.05) is 0 Å². The first-order valence-corrected chi connectivity index (χ1v) is 6.99. The lowest BCUT2D eigenvalue weighted by molar-refractivity contribution is 0.553. The molecule has 1 atom stereocenters. The third-order valence-electron chi connectivity index (χ3n) is 3.06. The van der Waals surface area contributed by atoms with Gasteiger partial charge in [-0.2, -0.15) is 15.0 Å². The van der Waals surface area contributed by atoms with Crippen molar-refractivity contribution in [2.45, 2.75) is 6.04 Å². The van der Waals surface area contributed by atoms with Gasteiger partial charge in [-0.3, -0.25) is 5.84 Å². The molecule has 2 heterocycles. The Labute approximate surface area is 129 Å². The van der Waals surface area contributed by atoms with Crippen molar-refractivity contribution in [3.63, 3.8) is 0 Å². The van der Waals surface area contributed by atoms with Gasteiger partial charge < -0.3 is 0 Å². The van der Waals surface area contributed by atoms with Crippen LogP contribution < -0.4 is 11.3 Å². The number of nitrogens with one attached hydrogen (secondary N) is 1. The number of benzene rings is 1. The molecule has 9 heteroatoms. The predicted molar refractivity (Wildman–Crippen MR) is 79.2 cm³/mol. The number of aryl methyl sites for hydroxylation is 1. The first-order valence-electron chi connectivity index (χ1n) is 6.19. The van der Waals surface area contributed by atoms with E-state index in [0.717, 1.165) is 11.4 Å². The first-order chi connectivity index (χ1) is 10.2. The molecule has 0 aliphatic carbocycles. The van der Waals surface area contributed by atoms with E-state index in [2.05, 4.69) is 41.9 Å². The van der Waals surface area contributed by atoms with Gasteiger partial charge in [-0.15, -0.1) is 5.10 Å². The second kappa shape index (κ2) is 5.72. The molecule has 1 unspecified atom stereocenters. The van der Waals surface area contributed by atoms with Crippen molar-refractivity contribution < 1.29 is 0 Å². The van der Waals surface area contributed by atoms with E-state index in [-0.39, 0.29) is 6.04 Å². The summed E-state index contributed by atoms with van der Waals surface area (Å²) in [6.45, 7) is 0. The van der Waals surface area contributed by atoms with Crippen LogP contribution in [0.1, 0.15) is 17.4 Å². The molecule has 0 saturated carbocycles. The summed E-state index contributed by atoms with van der Waals surface area (Å²) < 4.78 is 2.25. The molecular weight excluding hydrogens is 336 g/mol. The Bertz CT molecular complexity index is 715. The summed E-state index contributed by atoms with van der Waals surface area (Å²) in [5.41, 5.74) is 5.05. The zero-order chi connectivity index (χ0) is 14.8. The third-order valence-corrected chi connectivity index (χ3v) is 3.62. The topological polar surface area (TPSA) is 99.5 Å². The van der Waals surface area contributed by atoms with Crippen molar-refractivity contribution in [1.29, 1.82) is 0 Å². The van der Waals surface area contributed by atoms with Gasteiger partial charge in [-0.1, -0.05) is 23.4 Å². The summed E-state index contributed by atoms with van der Waals surface area (Å²) in [5.74, 6) is 5.66. The van der Waals surface area contributed by atoms with Crippen molar-refractivity contribution in [3.05, 3.63) is 52.5 Å². The molecular formula is C12H13BrN8. The quantitative estimate of drug-likeness (QED) is 0.532. The molecule has 2 aromatic heterocycles. The third kappa shape index (κ3) is 2.58. The Balaban J connectivity index is 1.98. The number of hydrazine groups is 1. The van der Waals surface area contributed by atoms with Gasteiger partial charge in [0.2, 0.25) is 0 Å². The molecule has 3 N–H and O–H groups in total. The van der Waals surface area contributed by atoms with Crippen LogP contribution in [-0.2, 0) is 7.05 Å². The van der Waals surface area contributed by atoms with E-state index in [1.807, 2.05) is 30.3 Å². The number of nitrogens with two attached hydrogens (primary N) is 1. The van der Waals surface area contributed by atoms with Gasteiger partial charge in [0.05, 0.1) is 17.6 Å². The maximum absolute atomic E-state index is 5.66. The van der Waals surface area contributed by atoms with Crippen LogP contribution in [0.5, 0.6) is 0 Å². The lowest BCUT2D eigenvalue weighted by Gasteiger charge is -2.13. The second-order valence-electron chi connectivity index (χ2n) is 4.38. The Morgan fingerprint density at radius 1 is 1.29 bits per heavy atom. The molecule has 8 nitrogen and oxygen atoms in total. The molecule has 0 aliphatic rings. The van der Waals surface area contributed by atoms with E-state index >= 15 is 0 Å². The van der Waals surface area contributed by atoms with Crippen LogP contribution in [0.25, 0.3) is 5.69 Å². The van der Waals surface area contributed by atoms with Crippen LogP contribution in [-0.4, -0.2) is 30.0 Å². The van der Waals surface area contributed by atoms with Gasteiger partial charge in [0.15, 0.2) is 4.60 Å². The minimum absolute atomic E-state index is 0.364. The standard InChI is InChI=1S/C12H13BrN8/c1-20-11(12(13)17-19-20)10(16-14)9-7-15-21(18-9)8-5-3-2-4-6-8/h2-7,10,16H,14H2,1H3. The molecule has 3 aromatic rings. The molecule has 0 saturated heterocycles. The summed E-state index contributed by atoms with van der Waals surface area (Å²) in [5, 5.41) is 16.6. The number of halogens is 1. The summed E-state index contributed by atoms with van der Waals surface area (Å²) >= 11 is 3.36. The van der Waals surface area contributed by atoms with E-state index in [0.29, 0.717) is 10.3 Å². The molecule has 108 valence electrons. The normalized spacial score (nSPS) is 12.5. The van der Waals surface area contributed by atoms with E-state index in [9.17, 15) is 0 Å². The Morgan fingerprint density at radius 2 is 2.05 bits per heavy atom. The van der Waals surface area contributed by atoms with Gasteiger partial charge >= 0.3 is 0 Å². The van der Waals surface area contributed by atoms with E-state index in [1.165, 1.54) is 0 Å². The highest BCUT2D eigenvalue weighted by atomic mass is 79.9. The monoisotopic (exact) mass is 348 g/mol. The fourth-order valence-electron chi connectivity index (χ4n) is 2.04. The lowest BCUT2D eigenvalue weighted by atomic mass is 10.2. The van der Waals surface area contributed by atoms with Crippen LogP contribution in [0.4, 0.5) is 0 Å². The summed E-state index contributed by atoms with van der Waals surface area (Å²) in [6, 6.07) is 9.29. The maximum Gasteiger partial charge on any atom is 0.153 e. The molecule has 0 aliphatic heterocycles. The maximum atomic E-state index is 5.66. The Morgan fingerprint density at radius 3 is 2.67 bits per heavy atom. The van der Waals surface area contributed by atoms with Gasteiger partial charge in [0.1, 0.15) is 11.7 Å². The molecule has 0 fully saturated rings.